The van der Waals surface area contributed by atoms with Crippen molar-refractivity contribution in [3.63, 3.8) is 0 Å². The highest BCUT2D eigenvalue weighted by Gasteiger charge is 2.24. The van der Waals surface area contributed by atoms with Crippen LogP contribution in [0.2, 0.25) is 0 Å². The summed E-state index contributed by atoms with van der Waals surface area (Å²) in [5.74, 6) is 2.66. The molecule has 4 heteroatoms. The van der Waals surface area contributed by atoms with Crippen LogP contribution in [0.5, 0.6) is 0 Å². The van der Waals surface area contributed by atoms with Crippen molar-refractivity contribution in [1.82, 2.24) is 9.55 Å². The lowest BCUT2D eigenvalue weighted by atomic mass is 9.80. The molecule has 2 atom stereocenters. The van der Waals surface area contributed by atoms with Gasteiger partial charge in [-0.1, -0.05) is 13.8 Å². The number of aryl methyl sites for hydroxylation is 2. The number of aromatic nitrogens is 2. The standard InChI is InChI=1S/C16H29N3O/c1-12-8-13(2)10-15(9-12)18-16-17-14(3)11-19(16)6-5-7-20-4/h11-13,15H,5-10H2,1-4H3,(H,17,18). The molecule has 1 aliphatic carbocycles. The van der Waals surface area contributed by atoms with E-state index in [1.807, 2.05) is 0 Å². The van der Waals surface area contributed by atoms with Gasteiger partial charge in [0.15, 0.2) is 0 Å². The van der Waals surface area contributed by atoms with Gasteiger partial charge in [-0.15, -0.1) is 0 Å². The Bertz CT molecular complexity index is 406. The zero-order valence-electron chi connectivity index (χ0n) is 13.4. The van der Waals surface area contributed by atoms with Crippen molar-refractivity contribution >= 4 is 5.95 Å². The van der Waals surface area contributed by atoms with Crippen molar-refractivity contribution in [2.45, 2.75) is 59.0 Å². The predicted molar refractivity (Wildman–Crippen MR) is 83.0 cm³/mol. The van der Waals surface area contributed by atoms with E-state index in [0.717, 1.165) is 43.1 Å². The highest BCUT2D eigenvalue weighted by Crippen LogP contribution is 2.30. The number of ether oxygens (including phenoxy) is 1. The van der Waals surface area contributed by atoms with E-state index in [9.17, 15) is 0 Å². The first kappa shape index (κ1) is 15.4. The summed E-state index contributed by atoms with van der Waals surface area (Å²) in [6, 6.07) is 0.566. The van der Waals surface area contributed by atoms with Gasteiger partial charge >= 0.3 is 0 Å². The Kier molecular flexibility index (Phi) is 5.46. The van der Waals surface area contributed by atoms with Crippen molar-refractivity contribution in [2.24, 2.45) is 11.8 Å². The van der Waals surface area contributed by atoms with E-state index in [2.05, 4.69) is 41.8 Å². The molecule has 2 unspecified atom stereocenters. The lowest BCUT2D eigenvalue weighted by Gasteiger charge is -2.32. The average molecular weight is 279 g/mol. The normalized spacial score (nSPS) is 26.7. The fraction of sp³-hybridized carbons (Fsp3) is 0.812. The molecule has 1 fully saturated rings. The van der Waals surface area contributed by atoms with Gasteiger partial charge < -0.3 is 14.6 Å². The summed E-state index contributed by atoms with van der Waals surface area (Å²) in [7, 11) is 1.75. The number of anilines is 1. The maximum Gasteiger partial charge on any atom is 0.203 e. The molecular formula is C16H29N3O. The zero-order chi connectivity index (χ0) is 14.5. The summed E-state index contributed by atoms with van der Waals surface area (Å²) in [5, 5.41) is 3.67. The Balaban J connectivity index is 1.97. The zero-order valence-corrected chi connectivity index (χ0v) is 13.4. The second-order valence-electron chi connectivity index (χ2n) is 6.50. The molecule has 1 aromatic heterocycles. The molecule has 1 N–H and O–H groups in total. The fourth-order valence-electron chi connectivity index (χ4n) is 3.46. The third-order valence-corrected chi connectivity index (χ3v) is 4.16. The van der Waals surface area contributed by atoms with Gasteiger partial charge in [-0.05, 0) is 44.4 Å². The van der Waals surface area contributed by atoms with Gasteiger partial charge in [0.2, 0.25) is 5.95 Å². The number of hydrogen-bond acceptors (Lipinski definition) is 3. The first-order chi connectivity index (χ1) is 9.58. The van der Waals surface area contributed by atoms with Gasteiger partial charge in [-0.3, -0.25) is 0 Å². The van der Waals surface area contributed by atoms with Crippen LogP contribution in [0.1, 0.15) is 45.2 Å². The quantitative estimate of drug-likeness (QED) is 0.810. The summed E-state index contributed by atoms with van der Waals surface area (Å²) in [6.07, 6.45) is 7.04. The van der Waals surface area contributed by atoms with Gasteiger partial charge in [0.25, 0.3) is 0 Å². The minimum atomic E-state index is 0.566. The van der Waals surface area contributed by atoms with E-state index in [0.29, 0.717) is 6.04 Å². The van der Waals surface area contributed by atoms with E-state index in [-0.39, 0.29) is 0 Å². The number of imidazole rings is 1. The van der Waals surface area contributed by atoms with Gasteiger partial charge in [0, 0.05) is 32.5 Å². The molecular weight excluding hydrogens is 250 g/mol. The summed E-state index contributed by atoms with van der Waals surface area (Å²) in [5.41, 5.74) is 1.09. The van der Waals surface area contributed by atoms with Crippen LogP contribution in [-0.4, -0.2) is 29.3 Å². The van der Waals surface area contributed by atoms with E-state index in [4.69, 9.17) is 4.74 Å². The third kappa shape index (κ3) is 4.23. The van der Waals surface area contributed by atoms with Crippen molar-refractivity contribution in [1.29, 1.82) is 0 Å². The third-order valence-electron chi connectivity index (χ3n) is 4.16. The highest BCUT2D eigenvalue weighted by atomic mass is 16.5. The second kappa shape index (κ2) is 7.11. The fourth-order valence-corrected chi connectivity index (χ4v) is 3.46. The van der Waals surface area contributed by atoms with Crippen LogP contribution in [0.25, 0.3) is 0 Å². The minimum Gasteiger partial charge on any atom is -0.385 e. The molecule has 114 valence electrons. The Morgan fingerprint density at radius 3 is 2.65 bits per heavy atom. The molecule has 2 rings (SSSR count). The smallest absolute Gasteiger partial charge is 0.203 e. The van der Waals surface area contributed by atoms with Crippen LogP contribution in [-0.2, 0) is 11.3 Å². The van der Waals surface area contributed by atoms with Crippen molar-refractivity contribution < 1.29 is 4.74 Å². The molecule has 20 heavy (non-hydrogen) atoms. The molecule has 0 aromatic carbocycles. The van der Waals surface area contributed by atoms with Crippen LogP contribution >= 0.6 is 0 Å². The van der Waals surface area contributed by atoms with Gasteiger partial charge in [0.1, 0.15) is 0 Å². The van der Waals surface area contributed by atoms with Crippen LogP contribution in [0, 0.1) is 18.8 Å². The summed E-state index contributed by atoms with van der Waals surface area (Å²) in [6.45, 7) is 8.55. The number of nitrogens with one attached hydrogen (secondary N) is 1. The lowest BCUT2D eigenvalue weighted by Crippen LogP contribution is -2.31. The SMILES string of the molecule is COCCCn1cc(C)nc1NC1CC(C)CC(C)C1. The first-order valence-corrected chi connectivity index (χ1v) is 7.87. The van der Waals surface area contributed by atoms with Crippen molar-refractivity contribution in [3.05, 3.63) is 11.9 Å². The van der Waals surface area contributed by atoms with Crippen LogP contribution in [0.4, 0.5) is 5.95 Å². The molecule has 0 bridgehead atoms. The summed E-state index contributed by atoms with van der Waals surface area (Å²) >= 11 is 0. The van der Waals surface area contributed by atoms with Gasteiger partial charge in [-0.2, -0.15) is 0 Å². The minimum absolute atomic E-state index is 0.566. The molecule has 1 saturated carbocycles. The number of hydrogen-bond donors (Lipinski definition) is 1. The second-order valence-corrected chi connectivity index (χ2v) is 6.50. The number of methoxy groups -OCH3 is 1. The monoisotopic (exact) mass is 279 g/mol. The molecule has 0 saturated heterocycles. The highest BCUT2D eigenvalue weighted by molar-refractivity contribution is 5.30. The number of nitrogens with zero attached hydrogens (tertiary/aromatic N) is 2. The van der Waals surface area contributed by atoms with E-state index in [1.54, 1.807) is 7.11 Å². The molecule has 4 nitrogen and oxygen atoms in total. The average Bonchev–Trinajstić information content (AvgIpc) is 2.68. The van der Waals surface area contributed by atoms with Crippen molar-refractivity contribution in [2.75, 3.05) is 19.0 Å². The largest absolute Gasteiger partial charge is 0.385 e. The van der Waals surface area contributed by atoms with Crippen LogP contribution < -0.4 is 5.32 Å². The Labute approximate surface area is 122 Å². The Hall–Kier alpha value is -1.03. The molecule has 0 aliphatic heterocycles. The molecule has 1 aromatic rings. The van der Waals surface area contributed by atoms with E-state index < -0.39 is 0 Å². The molecule has 0 radical (unpaired) electrons. The van der Waals surface area contributed by atoms with Crippen LogP contribution in [0.15, 0.2) is 6.20 Å². The van der Waals surface area contributed by atoms with Crippen LogP contribution in [0.3, 0.4) is 0 Å². The van der Waals surface area contributed by atoms with E-state index in [1.165, 1.54) is 19.3 Å². The molecule has 0 amide bonds. The van der Waals surface area contributed by atoms with Gasteiger partial charge in [-0.25, -0.2) is 4.98 Å². The Morgan fingerprint density at radius 2 is 2.00 bits per heavy atom. The predicted octanol–water partition coefficient (Wildman–Crippen LogP) is 3.46. The lowest BCUT2D eigenvalue weighted by molar-refractivity contribution is 0.190. The topological polar surface area (TPSA) is 39.1 Å². The molecule has 1 aliphatic rings. The maximum absolute atomic E-state index is 5.13. The maximum atomic E-state index is 5.13. The molecule has 0 spiro atoms. The van der Waals surface area contributed by atoms with Crippen molar-refractivity contribution in [3.8, 4) is 0 Å². The Morgan fingerprint density at radius 1 is 1.30 bits per heavy atom. The number of rotatable bonds is 6. The first-order valence-electron chi connectivity index (χ1n) is 7.87. The van der Waals surface area contributed by atoms with E-state index >= 15 is 0 Å². The van der Waals surface area contributed by atoms with Gasteiger partial charge in [0.05, 0.1) is 5.69 Å². The summed E-state index contributed by atoms with van der Waals surface area (Å²) < 4.78 is 7.37. The summed E-state index contributed by atoms with van der Waals surface area (Å²) in [4.78, 5) is 4.64. The molecule has 1 heterocycles.